The third kappa shape index (κ3) is 3.44. The number of pyridine rings is 1. The summed E-state index contributed by atoms with van der Waals surface area (Å²) >= 11 is 0. The van der Waals surface area contributed by atoms with Crippen molar-refractivity contribution in [1.82, 2.24) is 19.9 Å². The zero-order valence-electron chi connectivity index (χ0n) is 15.7. The molecule has 28 heavy (non-hydrogen) atoms. The van der Waals surface area contributed by atoms with Crippen molar-refractivity contribution in [2.75, 3.05) is 7.11 Å². The Kier molecular flexibility index (Phi) is 4.76. The van der Waals surface area contributed by atoms with Gasteiger partial charge in [0.25, 0.3) is 5.91 Å². The maximum Gasteiger partial charge on any atom is 0.270 e. The summed E-state index contributed by atoms with van der Waals surface area (Å²) in [7, 11) is 3.52. The van der Waals surface area contributed by atoms with Gasteiger partial charge in [-0.05, 0) is 29.8 Å². The van der Waals surface area contributed by atoms with Gasteiger partial charge in [0.05, 0.1) is 12.6 Å². The molecule has 1 amide bonds. The molecule has 0 saturated carbocycles. The van der Waals surface area contributed by atoms with Crippen molar-refractivity contribution >= 4 is 16.8 Å². The van der Waals surface area contributed by atoms with E-state index in [0.717, 1.165) is 28.0 Å². The number of amides is 1. The Balaban J connectivity index is 1.70. The SMILES string of the molecule is COc1cccc([C@H](NC(=O)c2ccc3ccccc3n2)c2nccn2C)c1. The van der Waals surface area contributed by atoms with E-state index in [1.165, 1.54) is 0 Å². The Morgan fingerprint density at radius 2 is 1.96 bits per heavy atom. The highest BCUT2D eigenvalue weighted by molar-refractivity contribution is 5.95. The van der Waals surface area contributed by atoms with Gasteiger partial charge in [0.2, 0.25) is 0 Å². The number of rotatable bonds is 5. The van der Waals surface area contributed by atoms with Crippen molar-refractivity contribution in [3.63, 3.8) is 0 Å². The monoisotopic (exact) mass is 372 g/mol. The number of para-hydroxylation sites is 1. The van der Waals surface area contributed by atoms with Gasteiger partial charge in [-0.25, -0.2) is 9.97 Å². The number of aromatic nitrogens is 3. The lowest BCUT2D eigenvalue weighted by Crippen LogP contribution is -2.31. The predicted octanol–water partition coefficient (Wildman–Crippen LogP) is 3.50. The first-order chi connectivity index (χ1) is 13.7. The molecule has 1 N–H and O–H groups in total. The van der Waals surface area contributed by atoms with Gasteiger partial charge in [0.1, 0.15) is 23.3 Å². The zero-order chi connectivity index (χ0) is 19.5. The fourth-order valence-electron chi connectivity index (χ4n) is 3.17. The molecule has 0 spiro atoms. The van der Waals surface area contributed by atoms with E-state index in [2.05, 4.69) is 15.3 Å². The molecule has 0 saturated heterocycles. The van der Waals surface area contributed by atoms with E-state index in [9.17, 15) is 4.79 Å². The number of hydrogen-bond acceptors (Lipinski definition) is 4. The van der Waals surface area contributed by atoms with Crippen molar-refractivity contribution in [2.24, 2.45) is 7.05 Å². The molecule has 2 aromatic carbocycles. The van der Waals surface area contributed by atoms with Crippen LogP contribution in [0.2, 0.25) is 0 Å². The molecule has 2 heterocycles. The van der Waals surface area contributed by atoms with E-state index in [1.54, 1.807) is 19.4 Å². The number of methoxy groups -OCH3 is 1. The average molecular weight is 372 g/mol. The second-order valence-electron chi connectivity index (χ2n) is 6.47. The first-order valence-electron chi connectivity index (χ1n) is 8.93. The van der Waals surface area contributed by atoms with Crippen LogP contribution in [-0.4, -0.2) is 27.6 Å². The molecule has 4 rings (SSSR count). The largest absolute Gasteiger partial charge is 0.497 e. The van der Waals surface area contributed by atoms with E-state index >= 15 is 0 Å². The fourth-order valence-corrected chi connectivity index (χ4v) is 3.17. The third-order valence-electron chi connectivity index (χ3n) is 4.65. The first-order valence-corrected chi connectivity index (χ1v) is 8.93. The molecule has 2 aromatic heterocycles. The molecular formula is C22H20N4O2. The lowest BCUT2D eigenvalue weighted by atomic mass is 10.1. The number of aryl methyl sites for hydroxylation is 1. The minimum Gasteiger partial charge on any atom is -0.497 e. The van der Waals surface area contributed by atoms with E-state index in [4.69, 9.17) is 4.74 Å². The molecule has 1 atom stereocenters. The van der Waals surface area contributed by atoms with Gasteiger partial charge >= 0.3 is 0 Å². The summed E-state index contributed by atoms with van der Waals surface area (Å²) in [6, 6.07) is 18.5. The summed E-state index contributed by atoms with van der Waals surface area (Å²) in [4.78, 5) is 21.9. The minimum absolute atomic E-state index is 0.262. The van der Waals surface area contributed by atoms with Crippen LogP contribution in [0.1, 0.15) is 27.9 Å². The number of hydrogen-bond donors (Lipinski definition) is 1. The molecule has 6 heteroatoms. The summed E-state index contributed by atoms with van der Waals surface area (Å²) in [5, 5.41) is 4.06. The summed E-state index contributed by atoms with van der Waals surface area (Å²) in [6.07, 6.45) is 3.56. The smallest absolute Gasteiger partial charge is 0.270 e. The van der Waals surface area contributed by atoms with Crippen LogP contribution >= 0.6 is 0 Å². The summed E-state index contributed by atoms with van der Waals surface area (Å²) in [5.41, 5.74) is 2.02. The van der Waals surface area contributed by atoms with Crippen LogP contribution in [-0.2, 0) is 7.05 Å². The average Bonchev–Trinajstić information content (AvgIpc) is 3.17. The molecule has 0 unspecified atom stereocenters. The van der Waals surface area contributed by atoms with Gasteiger partial charge in [-0.2, -0.15) is 0 Å². The maximum absolute atomic E-state index is 13.0. The van der Waals surface area contributed by atoms with Gasteiger partial charge in [-0.15, -0.1) is 0 Å². The van der Waals surface area contributed by atoms with Crippen molar-refractivity contribution in [3.8, 4) is 5.75 Å². The Morgan fingerprint density at radius 1 is 1.11 bits per heavy atom. The van der Waals surface area contributed by atoms with Crippen molar-refractivity contribution in [2.45, 2.75) is 6.04 Å². The maximum atomic E-state index is 13.0. The van der Waals surface area contributed by atoms with Gasteiger partial charge in [-0.1, -0.05) is 36.4 Å². The number of nitrogens with one attached hydrogen (secondary N) is 1. The van der Waals surface area contributed by atoms with E-state index in [0.29, 0.717) is 5.69 Å². The molecule has 0 bridgehead atoms. The highest BCUT2D eigenvalue weighted by Gasteiger charge is 2.22. The highest BCUT2D eigenvalue weighted by Crippen LogP contribution is 2.24. The summed E-state index contributed by atoms with van der Waals surface area (Å²) < 4.78 is 7.23. The van der Waals surface area contributed by atoms with Gasteiger partial charge < -0.3 is 14.6 Å². The van der Waals surface area contributed by atoms with Gasteiger partial charge in [-0.3, -0.25) is 4.79 Å². The fraction of sp³-hybridized carbons (Fsp3) is 0.136. The third-order valence-corrected chi connectivity index (χ3v) is 4.65. The van der Waals surface area contributed by atoms with Crippen LogP contribution in [0.4, 0.5) is 0 Å². The van der Waals surface area contributed by atoms with Gasteiger partial charge in [0, 0.05) is 24.8 Å². The standard InChI is InChI=1S/C22H20N4O2/c1-26-13-12-23-21(26)20(16-7-5-8-17(14-16)28-2)25-22(27)19-11-10-15-6-3-4-9-18(15)24-19/h3-14,20H,1-2H3,(H,25,27)/t20-/m0/s1. The molecular weight excluding hydrogens is 352 g/mol. The number of imidazole rings is 1. The van der Waals surface area contributed by atoms with Crippen molar-refractivity contribution in [3.05, 3.63) is 90.1 Å². The van der Waals surface area contributed by atoms with Crippen LogP contribution in [0.5, 0.6) is 5.75 Å². The highest BCUT2D eigenvalue weighted by atomic mass is 16.5. The van der Waals surface area contributed by atoms with Crippen LogP contribution < -0.4 is 10.1 Å². The number of carbonyl (C=O) groups excluding carboxylic acids is 1. The Morgan fingerprint density at radius 3 is 2.75 bits per heavy atom. The van der Waals surface area contributed by atoms with Crippen LogP contribution in [0.3, 0.4) is 0 Å². The topological polar surface area (TPSA) is 69.0 Å². The molecule has 4 aromatic rings. The molecule has 0 fully saturated rings. The lowest BCUT2D eigenvalue weighted by molar-refractivity contribution is 0.0936. The van der Waals surface area contributed by atoms with Crippen LogP contribution in [0, 0.1) is 0 Å². The molecule has 6 nitrogen and oxygen atoms in total. The predicted molar refractivity (Wildman–Crippen MR) is 107 cm³/mol. The van der Waals surface area contributed by atoms with E-state index in [-0.39, 0.29) is 5.91 Å². The number of nitrogens with zero attached hydrogens (tertiary/aromatic N) is 3. The Bertz CT molecular complexity index is 1140. The molecule has 0 aliphatic heterocycles. The number of fused-ring (bicyclic) bond motifs is 1. The number of benzene rings is 2. The Hall–Kier alpha value is -3.67. The quantitative estimate of drug-likeness (QED) is 0.582. The van der Waals surface area contributed by atoms with E-state index in [1.807, 2.05) is 72.4 Å². The summed E-state index contributed by atoms with van der Waals surface area (Å²) in [6.45, 7) is 0. The minimum atomic E-state index is -0.434. The normalized spacial score (nSPS) is 11.9. The summed E-state index contributed by atoms with van der Waals surface area (Å²) in [5.74, 6) is 1.18. The number of carbonyl (C=O) groups is 1. The second kappa shape index (κ2) is 7.52. The second-order valence-corrected chi connectivity index (χ2v) is 6.47. The Labute approximate surface area is 162 Å². The van der Waals surface area contributed by atoms with Crippen molar-refractivity contribution in [1.29, 1.82) is 0 Å². The zero-order valence-corrected chi connectivity index (χ0v) is 15.7. The molecule has 0 aliphatic carbocycles. The lowest BCUT2D eigenvalue weighted by Gasteiger charge is -2.19. The number of ether oxygens (including phenoxy) is 1. The van der Waals surface area contributed by atoms with E-state index < -0.39 is 6.04 Å². The van der Waals surface area contributed by atoms with Crippen molar-refractivity contribution < 1.29 is 9.53 Å². The molecule has 0 aliphatic rings. The molecule has 0 radical (unpaired) electrons. The van der Waals surface area contributed by atoms with Crippen LogP contribution in [0.25, 0.3) is 10.9 Å². The first kappa shape index (κ1) is 17.7. The van der Waals surface area contributed by atoms with Crippen LogP contribution in [0.15, 0.2) is 73.1 Å². The van der Waals surface area contributed by atoms with Gasteiger partial charge in [0.15, 0.2) is 0 Å². The molecule has 140 valence electrons.